The molecule has 8 heteroatoms. The van der Waals surface area contributed by atoms with E-state index in [1.165, 1.54) is 24.0 Å². The van der Waals surface area contributed by atoms with Gasteiger partial charge in [-0.15, -0.1) is 0 Å². The van der Waals surface area contributed by atoms with Crippen LogP contribution in [0.4, 0.5) is 0 Å². The number of Topliss-reactive ketones (excluding diaryl/α,β-unsaturated/α-hetero) is 1. The van der Waals surface area contributed by atoms with Crippen molar-refractivity contribution in [2.75, 3.05) is 47.5 Å². The van der Waals surface area contributed by atoms with Crippen LogP contribution in [0.1, 0.15) is 36.6 Å². The van der Waals surface area contributed by atoms with Crippen LogP contribution in [-0.4, -0.2) is 64.1 Å². The van der Waals surface area contributed by atoms with E-state index in [0.29, 0.717) is 47.0 Å². The number of hydrogen-bond acceptors (Lipinski definition) is 6. The van der Waals surface area contributed by atoms with Gasteiger partial charge in [0, 0.05) is 11.1 Å². The molecule has 188 valence electrons. The maximum atomic E-state index is 13.8. The van der Waals surface area contributed by atoms with Crippen LogP contribution in [-0.2, 0) is 9.59 Å². The number of ketones is 1. The summed E-state index contributed by atoms with van der Waals surface area (Å²) in [5.74, 6) is -0.489. The fourth-order valence-corrected chi connectivity index (χ4v) is 4.60. The highest BCUT2D eigenvalue weighted by Gasteiger charge is 2.45. The summed E-state index contributed by atoms with van der Waals surface area (Å²) in [6, 6.07) is 9.41. The molecule has 0 spiro atoms. The second-order valence-corrected chi connectivity index (χ2v) is 8.44. The third-order valence-corrected chi connectivity index (χ3v) is 6.64. The Kier molecular flexibility index (Phi) is 8.40. The van der Waals surface area contributed by atoms with Gasteiger partial charge in [-0.25, -0.2) is 0 Å². The smallest absolute Gasteiger partial charge is 0.295 e. The van der Waals surface area contributed by atoms with E-state index in [0.717, 1.165) is 13.1 Å². The van der Waals surface area contributed by atoms with Crippen LogP contribution in [0.5, 0.6) is 17.2 Å². The molecule has 0 aliphatic carbocycles. The number of likely N-dealkylation sites (N-methyl/N-ethyl adjacent to an activating group) is 1. The number of methoxy groups -OCH3 is 3. The summed E-state index contributed by atoms with van der Waals surface area (Å²) >= 11 is 0. The van der Waals surface area contributed by atoms with Gasteiger partial charge in [-0.05, 0) is 50.1 Å². The van der Waals surface area contributed by atoms with Crippen LogP contribution in [0.3, 0.4) is 0 Å². The molecule has 0 aromatic heterocycles. The Labute approximate surface area is 206 Å². The number of rotatable bonds is 10. The Hall–Kier alpha value is -3.52. The number of amides is 1. The summed E-state index contributed by atoms with van der Waals surface area (Å²) in [6.45, 7) is 8.68. The van der Waals surface area contributed by atoms with Gasteiger partial charge in [0.2, 0.25) is 5.78 Å². The fraction of sp³-hybridized carbons (Fsp3) is 0.407. The minimum Gasteiger partial charge on any atom is -0.872 e. The molecule has 35 heavy (non-hydrogen) atoms. The zero-order valence-electron chi connectivity index (χ0n) is 21.3. The maximum Gasteiger partial charge on any atom is 0.295 e. The Morgan fingerprint density at radius 2 is 1.74 bits per heavy atom. The predicted octanol–water partition coefficient (Wildman–Crippen LogP) is 1.17. The first kappa shape index (κ1) is 26.1. The average Bonchev–Trinajstić information content (AvgIpc) is 3.12. The standard InChI is InChI=1S/C27H34N2O6/c1-7-28(8-2)14-15-29-23(20-10-9-11-21(34-5)26(20)35-6)22(25(31)27(29)32)24(30)19-13-12-18(33-4)16-17(19)3/h9-13,16,23,30H,7-8,14-15H2,1-6H3. The zero-order valence-corrected chi connectivity index (χ0v) is 21.3. The molecule has 1 aliphatic heterocycles. The summed E-state index contributed by atoms with van der Waals surface area (Å²) in [6.07, 6.45) is 0. The highest BCUT2D eigenvalue weighted by Crippen LogP contribution is 2.45. The summed E-state index contributed by atoms with van der Waals surface area (Å²) in [5.41, 5.74) is 1.47. The number of ether oxygens (including phenoxy) is 3. The fourth-order valence-electron chi connectivity index (χ4n) is 4.60. The Balaban J connectivity index is 2.23. The lowest BCUT2D eigenvalue weighted by atomic mass is 9.93. The largest absolute Gasteiger partial charge is 0.872 e. The van der Waals surface area contributed by atoms with Crippen LogP contribution < -0.4 is 24.2 Å². The van der Waals surface area contributed by atoms with Crippen molar-refractivity contribution in [3.05, 3.63) is 58.7 Å². The first-order valence-electron chi connectivity index (χ1n) is 11.8. The van der Waals surface area contributed by atoms with E-state index in [9.17, 15) is 14.7 Å². The van der Waals surface area contributed by atoms with Gasteiger partial charge in [0.25, 0.3) is 5.91 Å². The molecule has 3 rings (SSSR count). The van der Waals surface area contributed by atoms with Crippen LogP contribution in [0, 0.1) is 6.92 Å². The van der Waals surface area contributed by atoms with Crippen molar-refractivity contribution in [2.45, 2.75) is 26.8 Å². The van der Waals surface area contributed by atoms with Gasteiger partial charge in [0.05, 0.1) is 53.6 Å². The molecule has 0 radical (unpaired) electrons. The van der Waals surface area contributed by atoms with Crippen LogP contribution in [0.2, 0.25) is 0 Å². The number of benzene rings is 2. The lowest BCUT2D eigenvalue weighted by Gasteiger charge is -2.30. The molecule has 1 unspecified atom stereocenters. The van der Waals surface area contributed by atoms with E-state index in [-0.39, 0.29) is 5.57 Å². The number of aryl methyl sites for hydroxylation is 1. The number of carbonyl (C=O) groups is 2. The lowest BCUT2D eigenvalue weighted by Crippen LogP contribution is -3.12. The van der Waals surface area contributed by atoms with Gasteiger partial charge in [-0.3, -0.25) is 9.59 Å². The molecule has 1 heterocycles. The van der Waals surface area contributed by atoms with Gasteiger partial charge in [0.1, 0.15) is 5.75 Å². The second-order valence-electron chi connectivity index (χ2n) is 8.44. The number of nitrogens with one attached hydrogen (secondary N) is 1. The van der Waals surface area contributed by atoms with E-state index < -0.39 is 23.5 Å². The first-order chi connectivity index (χ1) is 16.8. The molecular weight excluding hydrogens is 448 g/mol. The first-order valence-corrected chi connectivity index (χ1v) is 11.8. The van der Waals surface area contributed by atoms with E-state index in [4.69, 9.17) is 14.2 Å². The minimum atomic E-state index is -0.885. The summed E-state index contributed by atoms with van der Waals surface area (Å²) < 4.78 is 16.3. The van der Waals surface area contributed by atoms with E-state index in [1.54, 1.807) is 50.4 Å². The van der Waals surface area contributed by atoms with Gasteiger partial charge in [-0.1, -0.05) is 24.0 Å². The molecule has 1 atom stereocenters. The highest BCUT2D eigenvalue weighted by atomic mass is 16.5. The summed E-state index contributed by atoms with van der Waals surface area (Å²) in [4.78, 5) is 29.4. The Bertz CT molecular complexity index is 1120. The van der Waals surface area contributed by atoms with E-state index in [2.05, 4.69) is 13.8 Å². The average molecular weight is 483 g/mol. The maximum absolute atomic E-state index is 13.8. The normalized spacial score (nSPS) is 17.2. The van der Waals surface area contributed by atoms with Crippen molar-refractivity contribution in [1.29, 1.82) is 0 Å². The molecule has 1 amide bonds. The number of likely N-dealkylation sites (tertiary alicyclic amines) is 1. The highest BCUT2D eigenvalue weighted by molar-refractivity contribution is 6.46. The molecule has 2 aromatic rings. The van der Waals surface area contributed by atoms with Gasteiger partial charge < -0.3 is 29.1 Å². The van der Waals surface area contributed by atoms with Crippen molar-refractivity contribution in [1.82, 2.24) is 4.90 Å². The number of hydrogen-bond donors (Lipinski definition) is 1. The number of nitrogens with zero attached hydrogens (tertiary/aromatic N) is 1. The molecule has 1 saturated heterocycles. The SMILES string of the molecule is CC[NH+](CC)CCN1C(=O)C(=O)C(=C([O-])c2ccc(OC)cc2C)C1c1cccc(OC)c1OC. The van der Waals surface area contributed by atoms with Gasteiger partial charge in [0.15, 0.2) is 11.5 Å². The van der Waals surface area contributed by atoms with Crippen LogP contribution in [0.25, 0.3) is 5.76 Å². The van der Waals surface area contributed by atoms with Crippen molar-refractivity contribution in [2.24, 2.45) is 0 Å². The summed E-state index contributed by atoms with van der Waals surface area (Å²) in [5, 5.41) is 13.8. The molecule has 8 nitrogen and oxygen atoms in total. The Morgan fingerprint density at radius 1 is 1.03 bits per heavy atom. The van der Waals surface area contributed by atoms with Crippen LogP contribution >= 0.6 is 0 Å². The van der Waals surface area contributed by atoms with Crippen molar-refractivity contribution < 1.29 is 33.8 Å². The number of para-hydroxylation sites is 1. The molecule has 1 aliphatic rings. The molecular formula is C27H34N2O6. The van der Waals surface area contributed by atoms with Crippen LogP contribution in [0.15, 0.2) is 42.0 Å². The van der Waals surface area contributed by atoms with Crippen molar-refractivity contribution in [3.8, 4) is 17.2 Å². The Morgan fingerprint density at radius 3 is 2.31 bits per heavy atom. The van der Waals surface area contributed by atoms with Crippen molar-refractivity contribution in [3.63, 3.8) is 0 Å². The molecule has 1 N–H and O–H groups in total. The predicted molar refractivity (Wildman–Crippen MR) is 131 cm³/mol. The number of quaternary nitrogens is 1. The molecule has 2 aromatic carbocycles. The molecule has 0 saturated carbocycles. The second kappa shape index (κ2) is 11.3. The third kappa shape index (κ3) is 4.98. The minimum absolute atomic E-state index is 0.0793. The topological polar surface area (TPSA) is 92.6 Å². The molecule has 0 bridgehead atoms. The van der Waals surface area contributed by atoms with E-state index >= 15 is 0 Å². The summed E-state index contributed by atoms with van der Waals surface area (Å²) in [7, 11) is 4.56. The third-order valence-electron chi connectivity index (χ3n) is 6.64. The van der Waals surface area contributed by atoms with Gasteiger partial charge >= 0.3 is 0 Å². The van der Waals surface area contributed by atoms with Gasteiger partial charge in [-0.2, -0.15) is 0 Å². The zero-order chi connectivity index (χ0) is 25.7. The lowest BCUT2D eigenvalue weighted by molar-refractivity contribution is -0.895. The quantitative estimate of drug-likeness (QED) is 0.311. The molecule has 1 fully saturated rings. The van der Waals surface area contributed by atoms with Crippen molar-refractivity contribution >= 4 is 17.4 Å². The van der Waals surface area contributed by atoms with E-state index in [1.807, 2.05) is 0 Å². The number of carbonyl (C=O) groups excluding carboxylic acids is 2. The monoisotopic (exact) mass is 482 g/mol.